The molecule has 0 saturated carbocycles. The number of rotatable bonds is 14. The average Bonchev–Trinajstić information content (AvgIpc) is 3.38. The Balaban J connectivity index is 1.65. The lowest BCUT2D eigenvalue weighted by Crippen LogP contribution is -2.24. The summed E-state index contributed by atoms with van der Waals surface area (Å²) in [6, 6.07) is 25.3. The highest BCUT2D eigenvalue weighted by Crippen LogP contribution is 2.31. The highest BCUT2D eigenvalue weighted by atomic mass is 32.2. The van der Waals surface area contributed by atoms with Crippen molar-refractivity contribution in [1.82, 2.24) is 5.32 Å². The van der Waals surface area contributed by atoms with E-state index in [4.69, 9.17) is 8.97 Å². The van der Waals surface area contributed by atoms with Crippen molar-refractivity contribution in [3.8, 4) is 0 Å². The van der Waals surface area contributed by atoms with Crippen molar-refractivity contribution in [2.24, 2.45) is 0 Å². The van der Waals surface area contributed by atoms with Crippen LogP contribution in [0, 0.1) is 0 Å². The fourth-order valence-corrected chi connectivity index (χ4v) is 5.46. The van der Waals surface area contributed by atoms with Gasteiger partial charge < -0.3 is 14.6 Å². The zero-order valence-corrected chi connectivity index (χ0v) is 24.3. The fraction of sp³-hybridized carbons (Fsp3) is 0.333. The van der Waals surface area contributed by atoms with Gasteiger partial charge in [-0.25, -0.2) is 0 Å². The molecule has 0 atom stereocenters. The van der Waals surface area contributed by atoms with Crippen LogP contribution in [0.25, 0.3) is 22.4 Å². The first kappa shape index (κ1) is 29.6. The smallest absolute Gasteiger partial charge is 0.264 e. The SMILES string of the molecule is CCCCNCC=c1ccc(=C(c2ccc(N(CC)CCCCS(=O)(=O)O)cc2)c2occ3ccccc23)cc1. The molecule has 0 saturated heterocycles. The van der Waals surface area contributed by atoms with Gasteiger partial charge in [0.1, 0.15) is 5.76 Å². The van der Waals surface area contributed by atoms with Crippen LogP contribution < -0.4 is 20.7 Å². The molecule has 7 heteroatoms. The fourth-order valence-electron chi connectivity index (χ4n) is 4.89. The summed E-state index contributed by atoms with van der Waals surface area (Å²) in [7, 11) is -3.92. The molecule has 0 radical (unpaired) electrons. The predicted molar refractivity (Wildman–Crippen MR) is 166 cm³/mol. The number of unbranched alkanes of at least 4 members (excludes halogenated alkanes) is 2. The molecule has 4 rings (SSSR count). The lowest BCUT2D eigenvalue weighted by molar-refractivity contribution is 0.480. The van der Waals surface area contributed by atoms with E-state index in [1.54, 1.807) is 0 Å². The van der Waals surface area contributed by atoms with Crippen LogP contribution in [0.15, 0.2) is 83.5 Å². The van der Waals surface area contributed by atoms with Crippen LogP contribution in [0.2, 0.25) is 0 Å². The second-order valence-electron chi connectivity index (χ2n) is 10.0. The number of nitrogens with one attached hydrogen (secondary N) is 1. The minimum absolute atomic E-state index is 0.204. The summed E-state index contributed by atoms with van der Waals surface area (Å²) < 4.78 is 37.3. The van der Waals surface area contributed by atoms with Gasteiger partial charge in [-0.1, -0.05) is 80.1 Å². The third-order valence-corrected chi connectivity index (χ3v) is 7.91. The number of hydrogen-bond acceptors (Lipinski definition) is 5. The minimum Gasteiger partial charge on any atom is -0.463 e. The zero-order valence-electron chi connectivity index (χ0n) is 23.5. The maximum Gasteiger partial charge on any atom is 0.264 e. The molecule has 3 aromatic carbocycles. The Hall–Kier alpha value is -3.39. The molecule has 2 N–H and O–H groups in total. The summed E-state index contributed by atoms with van der Waals surface area (Å²) in [6.07, 6.45) is 7.52. The number of furan rings is 1. The van der Waals surface area contributed by atoms with E-state index in [1.807, 2.05) is 18.4 Å². The van der Waals surface area contributed by atoms with E-state index in [0.29, 0.717) is 12.8 Å². The Labute approximate surface area is 237 Å². The van der Waals surface area contributed by atoms with Crippen LogP contribution >= 0.6 is 0 Å². The molecule has 212 valence electrons. The van der Waals surface area contributed by atoms with Gasteiger partial charge in [0.05, 0.1) is 12.0 Å². The lowest BCUT2D eigenvalue weighted by Gasteiger charge is -2.23. The Morgan fingerprint density at radius 2 is 1.70 bits per heavy atom. The summed E-state index contributed by atoms with van der Waals surface area (Å²) in [6.45, 7) is 7.69. The molecule has 0 spiro atoms. The summed E-state index contributed by atoms with van der Waals surface area (Å²) in [5.74, 6) is 0.643. The largest absolute Gasteiger partial charge is 0.463 e. The molecular formula is C33H40N2O4S. The monoisotopic (exact) mass is 560 g/mol. The van der Waals surface area contributed by atoms with E-state index in [-0.39, 0.29) is 5.75 Å². The van der Waals surface area contributed by atoms with Gasteiger partial charge in [-0.2, -0.15) is 8.42 Å². The summed E-state index contributed by atoms with van der Waals surface area (Å²) in [4.78, 5) is 2.22. The van der Waals surface area contributed by atoms with Crippen LogP contribution in [0.4, 0.5) is 5.69 Å². The van der Waals surface area contributed by atoms with E-state index < -0.39 is 10.1 Å². The standard InChI is InChI=1S/C33H40N2O4S/c1-3-5-21-34-22-20-26-12-14-27(15-13-26)32(33-31-11-7-6-10-29(31)25-39-33)28-16-18-30(19-17-28)35(4-2)23-8-9-24-40(36,37)38/h6-7,10-20,25,34H,3-5,8-9,21-24H2,1-2H3,(H,36,37,38). The first-order valence-electron chi connectivity index (χ1n) is 14.2. The van der Waals surface area contributed by atoms with Gasteiger partial charge in [-0.3, -0.25) is 4.55 Å². The van der Waals surface area contributed by atoms with Crippen molar-refractivity contribution in [2.75, 3.05) is 36.8 Å². The van der Waals surface area contributed by atoms with Gasteiger partial charge in [-0.05, 0) is 60.9 Å². The molecular weight excluding hydrogens is 520 g/mol. The molecule has 0 unspecified atom stereocenters. The second-order valence-corrected chi connectivity index (χ2v) is 11.6. The van der Waals surface area contributed by atoms with Crippen LogP contribution in [0.5, 0.6) is 0 Å². The van der Waals surface area contributed by atoms with Crippen molar-refractivity contribution in [1.29, 1.82) is 0 Å². The molecule has 0 fully saturated rings. The van der Waals surface area contributed by atoms with E-state index in [9.17, 15) is 8.42 Å². The highest BCUT2D eigenvalue weighted by molar-refractivity contribution is 7.85. The maximum absolute atomic E-state index is 11.0. The number of anilines is 1. The van der Waals surface area contributed by atoms with Crippen LogP contribution in [-0.4, -0.2) is 44.9 Å². The average molecular weight is 561 g/mol. The Kier molecular flexibility index (Phi) is 10.6. The Morgan fingerprint density at radius 1 is 0.950 bits per heavy atom. The molecule has 0 aliphatic carbocycles. The molecule has 40 heavy (non-hydrogen) atoms. The van der Waals surface area contributed by atoms with Gasteiger partial charge in [-0.15, -0.1) is 0 Å². The van der Waals surface area contributed by atoms with Crippen molar-refractivity contribution in [2.45, 2.75) is 39.5 Å². The molecule has 0 aliphatic heterocycles. The molecule has 0 bridgehead atoms. The van der Waals surface area contributed by atoms with Crippen LogP contribution in [0.1, 0.15) is 50.9 Å². The van der Waals surface area contributed by atoms with E-state index in [0.717, 1.165) is 64.8 Å². The molecule has 0 aliphatic rings. The number of benzene rings is 3. The minimum atomic E-state index is -3.92. The van der Waals surface area contributed by atoms with Crippen LogP contribution in [-0.2, 0) is 10.1 Å². The van der Waals surface area contributed by atoms with Crippen LogP contribution in [0.3, 0.4) is 0 Å². The van der Waals surface area contributed by atoms with Gasteiger partial charge >= 0.3 is 0 Å². The van der Waals surface area contributed by atoms with Crippen molar-refractivity contribution >= 4 is 38.2 Å². The molecule has 4 aromatic rings. The quantitative estimate of drug-likeness (QED) is 0.160. The van der Waals surface area contributed by atoms with Crippen molar-refractivity contribution in [3.05, 3.63) is 101 Å². The first-order valence-corrected chi connectivity index (χ1v) is 15.8. The molecule has 6 nitrogen and oxygen atoms in total. The van der Waals surface area contributed by atoms with E-state index in [2.05, 4.69) is 90.8 Å². The molecule has 0 amide bonds. The van der Waals surface area contributed by atoms with Crippen molar-refractivity contribution < 1.29 is 17.4 Å². The summed E-state index contributed by atoms with van der Waals surface area (Å²) >= 11 is 0. The predicted octanol–water partition coefficient (Wildman–Crippen LogP) is 5.34. The maximum atomic E-state index is 11.0. The third kappa shape index (κ3) is 8.07. The van der Waals surface area contributed by atoms with Gasteiger partial charge in [0.2, 0.25) is 0 Å². The number of hydrogen-bond donors (Lipinski definition) is 2. The number of fused-ring (bicyclic) bond motifs is 1. The Morgan fingerprint density at radius 3 is 2.40 bits per heavy atom. The van der Waals surface area contributed by atoms with Gasteiger partial charge in [0, 0.05) is 41.7 Å². The summed E-state index contributed by atoms with van der Waals surface area (Å²) in [5.41, 5.74) is 3.17. The van der Waals surface area contributed by atoms with Gasteiger partial charge in [0.15, 0.2) is 0 Å². The molecule has 1 heterocycles. The van der Waals surface area contributed by atoms with Gasteiger partial charge in [0.25, 0.3) is 10.1 Å². The number of nitrogens with zero attached hydrogens (tertiary/aromatic N) is 1. The zero-order chi connectivity index (χ0) is 28.4. The van der Waals surface area contributed by atoms with Crippen molar-refractivity contribution in [3.63, 3.8) is 0 Å². The molecule has 1 aromatic heterocycles. The van der Waals surface area contributed by atoms with E-state index >= 15 is 0 Å². The summed E-state index contributed by atoms with van der Waals surface area (Å²) in [5, 5.41) is 7.87. The third-order valence-electron chi connectivity index (χ3n) is 7.11. The second kappa shape index (κ2) is 14.3. The normalized spacial score (nSPS) is 11.6. The lowest BCUT2D eigenvalue weighted by atomic mass is 9.97. The topological polar surface area (TPSA) is 82.8 Å². The highest BCUT2D eigenvalue weighted by Gasteiger charge is 2.15. The van der Waals surface area contributed by atoms with E-state index in [1.165, 1.54) is 18.1 Å². The Bertz CT molecular complexity index is 1580. The first-order chi connectivity index (χ1) is 19.4.